The van der Waals surface area contributed by atoms with Gasteiger partial charge in [0.15, 0.2) is 0 Å². The van der Waals surface area contributed by atoms with Gasteiger partial charge in [0.1, 0.15) is 17.9 Å². The number of esters is 2. The molecular weight excluding hydrogens is 308 g/mol. The van der Waals surface area contributed by atoms with Crippen LogP contribution in [0.1, 0.15) is 6.42 Å². The second-order valence-corrected chi connectivity index (χ2v) is 3.75. The number of carbonyl (C=O) groups is 2. The molecule has 0 aliphatic carbocycles. The van der Waals surface area contributed by atoms with E-state index in [0.29, 0.717) is 11.5 Å². The molecule has 0 N–H and O–H groups in total. The third kappa shape index (κ3) is 5.26. The molecular formula is C15H12CuO4. The average Bonchev–Trinajstić information content (AvgIpc) is 2.40. The Morgan fingerprint density at radius 2 is 1.05 bits per heavy atom. The molecule has 1 radical (unpaired) electrons. The van der Waals surface area contributed by atoms with Crippen LogP contribution in [0.15, 0.2) is 60.7 Å². The standard InChI is InChI=1S/C15H12O4.Cu/c16-14(18-12-7-3-1-4-8-12)11-15(17)19-13-9-5-2-6-10-13;/h1-10H,11H2;. The summed E-state index contributed by atoms with van der Waals surface area (Å²) in [7, 11) is 0. The van der Waals surface area contributed by atoms with Crippen LogP contribution in [0, 0.1) is 0 Å². The number of rotatable bonds is 4. The van der Waals surface area contributed by atoms with Gasteiger partial charge in [-0.25, -0.2) is 0 Å². The molecule has 5 heteroatoms. The number of hydrogen-bond donors (Lipinski definition) is 0. The van der Waals surface area contributed by atoms with Crippen LogP contribution in [-0.2, 0) is 26.7 Å². The SMILES string of the molecule is O=C(CC(=O)Oc1ccccc1)Oc1ccccc1.[Cu]. The monoisotopic (exact) mass is 319 g/mol. The number of ether oxygens (including phenoxy) is 2. The maximum Gasteiger partial charge on any atom is 0.322 e. The van der Waals surface area contributed by atoms with Gasteiger partial charge in [0, 0.05) is 17.1 Å². The molecule has 2 aromatic rings. The molecule has 4 nitrogen and oxygen atoms in total. The predicted octanol–water partition coefficient (Wildman–Crippen LogP) is 2.59. The first-order chi connectivity index (χ1) is 9.24. The molecule has 2 rings (SSSR count). The summed E-state index contributed by atoms with van der Waals surface area (Å²) in [5.41, 5.74) is 0. The molecule has 0 saturated heterocycles. The Labute approximate surface area is 127 Å². The number of benzene rings is 2. The summed E-state index contributed by atoms with van der Waals surface area (Å²) in [5.74, 6) is -0.487. The van der Waals surface area contributed by atoms with Crippen molar-refractivity contribution in [1.29, 1.82) is 0 Å². The summed E-state index contributed by atoms with van der Waals surface area (Å²) in [6, 6.07) is 17.1. The van der Waals surface area contributed by atoms with E-state index < -0.39 is 18.4 Å². The first kappa shape index (κ1) is 16.0. The predicted molar refractivity (Wildman–Crippen MR) is 68.8 cm³/mol. The summed E-state index contributed by atoms with van der Waals surface area (Å²) >= 11 is 0. The summed E-state index contributed by atoms with van der Waals surface area (Å²) < 4.78 is 9.97. The van der Waals surface area contributed by atoms with E-state index in [4.69, 9.17) is 9.47 Å². The zero-order valence-corrected chi connectivity index (χ0v) is 11.4. The average molecular weight is 320 g/mol. The van der Waals surface area contributed by atoms with E-state index in [2.05, 4.69) is 0 Å². The number of hydrogen-bond acceptors (Lipinski definition) is 4. The fourth-order valence-corrected chi connectivity index (χ4v) is 1.43. The molecule has 0 atom stereocenters. The normalized spacial score (nSPS) is 9.20. The molecule has 0 bridgehead atoms. The molecule has 0 saturated carbocycles. The van der Waals surface area contributed by atoms with Gasteiger partial charge in [-0.05, 0) is 24.3 Å². The minimum atomic E-state index is -0.646. The van der Waals surface area contributed by atoms with Crippen LogP contribution < -0.4 is 9.47 Å². The van der Waals surface area contributed by atoms with Crippen molar-refractivity contribution in [3.63, 3.8) is 0 Å². The number of carbonyl (C=O) groups excluding carboxylic acids is 2. The van der Waals surface area contributed by atoms with Crippen molar-refractivity contribution in [2.24, 2.45) is 0 Å². The second kappa shape index (κ2) is 8.15. The van der Waals surface area contributed by atoms with Gasteiger partial charge in [-0.2, -0.15) is 0 Å². The van der Waals surface area contributed by atoms with Crippen molar-refractivity contribution in [3.05, 3.63) is 60.7 Å². The van der Waals surface area contributed by atoms with Crippen LogP contribution in [0.4, 0.5) is 0 Å². The van der Waals surface area contributed by atoms with E-state index in [0.717, 1.165) is 0 Å². The van der Waals surface area contributed by atoms with Crippen LogP contribution in [0.5, 0.6) is 11.5 Å². The summed E-state index contributed by atoms with van der Waals surface area (Å²) in [5, 5.41) is 0. The summed E-state index contributed by atoms with van der Waals surface area (Å²) in [4.78, 5) is 23.0. The van der Waals surface area contributed by atoms with E-state index in [1.54, 1.807) is 60.7 Å². The smallest absolute Gasteiger partial charge is 0.322 e. The minimum Gasteiger partial charge on any atom is -0.426 e. The third-order valence-corrected chi connectivity index (χ3v) is 2.24. The van der Waals surface area contributed by atoms with Gasteiger partial charge in [0.2, 0.25) is 0 Å². The molecule has 107 valence electrons. The number of para-hydroxylation sites is 2. The minimum absolute atomic E-state index is 0. The quantitative estimate of drug-likeness (QED) is 0.376. The van der Waals surface area contributed by atoms with Crippen LogP contribution in [-0.4, -0.2) is 11.9 Å². The van der Waals surface area contributed by atoms with E-state index >= 15 is 0 Å². The molecule has 0 aliphatic heterocycles. The van der Waals surface area contributed by atoms with Crippen molar-refractivity contribution >= 4 is 11.9 Å². The topological polar surface area (TPSA) is 52.6 Å². The van der Waals surface area contributed by atoms with Crippen molar-refractivity contribution in [3.8, 4) is 11.5 Å². The van der Waals surface area contributed by atoms with Crippen molar-refractivity contribution in [2.75, 3.05) is 0 Å². The molecule has 0 heterocycles. The van der Waals surface area contributed by atoms with Crippen LogP contribution in [0.2, 0.25) is 0 Å². The first-order valence-electron chi connectivity index (χ1n) is 5.75. The van der Waals surface area contributed by atoms with Crippen molar-refractivity contribution in [1.82, 2.24) is 0 Å². The molecule has 2 aromatic carbocycles. The van der Waals surface area contributed by atoms with Crippen molar-refractivity contribution in [2.45, 2.75) is 6.42 Å². The van der Waals surface area contributed by atoms with Gasteiger partial charge in [-0.3, -0.25) is 9.59 Å². The van der Waals surface area contributed by atoms with Gasteiger partial charge in [0.25, 0.3) is 0 Å². The first-order valence-corrected chi connectivity index (χ1v) is 5.75. The van der Waals surface area contributed by atoms with Crippen molar-refractivity contribution < 1.29 is 36.1 Å². The van der Waals surface area contributed by atoms with Gasteiger partial charge < -0.3 is 9.47 Å². The van der Waals surface area contributed by atoms with Gasteiger partial charge in [-0.15, -0.1) is 0 Å². The molecule has 0 aromatic heterocycles. The van der Waals surface area contributed by atoms with Crippen LogP contribution in [0.25, 0.3) is 0 Å². The maximum absolute atomic E-state index is 11.5. The zero-order valence-electron chi connectivity index (χ0n) is 10.4. The molecule has 0 aliphatic rings. The van der Waals surface area contributed by atoms with Gasteiger partial charge >= 0.3 is 11.9 Å². The molecule has 20 heavy (non-hydrogen) atoms. The fourth-order valence-electron chi connectivity index (χ4n) is 1.43. The second-order valence-electron chi connectivity index (χ2n) is 3.75. The molecule has 0 fully saturated rings. The largest absolute Gasteiger partial charge is 0.426 e. The molecule has 0 unspecified atom stereocenters. The van der Waals surface area contributed by atoms with Gasteiger partial charge in [0.05, 0.1) is 0 Å². The molecule has 0 amide bonds. The Bertz CT molecular complexity index is 503. The van der Waals surface area contributed by atoms with E-state index in [1.807, 2.05) is 0 Å². The van der Waals surface area contributed by atoms with Crippen LogP contribution >= 0.6 is 0 Å². The Hall–Kier alpha value is -2.10. The van der Waals surface area contributed by atoms with Crippen LogP contribution in [0.3, 0.4) is 0 Å². The Morgan fingerprint density at radius 3 is 1.40 bits per heavy atom. The summed E-state index contributed by atoms with van der Waals surface area (Å²) in [6.45, 7) is 0. The summed E-state index contributed by atoms with van der Waals surface area (Å²) in [6.07, 6.45) is -0.427. The van der Waals surface area contributed by atoms with E-state index in [-0.39, 0.29) is 17.1 Å². The fraction of sp³-hybridized carbons (Fsp3) is 0.0667. The third-order valence-electron chi connectivity index (χ3n) is 2.24. The Morgan fingerprint density at radius 1 is 0.700 bits per heavy atom. The zero-order chi connectivity index (χ0) is 13.5. The van der Waals surface area contributed by atoms with E-state index in [1.165, 1.54) is 0 Å². The Kier molecular flexibility index (Phi) is 6.50. The maximum atomic E-state index is 11.5. The Balaban J connectivity index is 0.00000200. The van der Waals surface area contributed by atoms with Gasteiger partial charge in [-0.1, -0.05) is 36.4 Å². The molecule has 0 spiro atoms. The van der Waals surface area contributed by atoms with E-state index in [9.17, 15) is 9.59 Å².